The first kappa shape index (κ1) is 18.4. The number of aliphatic imine (C=N–C) groups is 1. The van der Waals surface area contributed by atoms with Crippen LogP contribution in [0.3, 0.4) is 0 Å². The first-order valence-corrected chi connectivity index (χ1v) is 9.45. The monoisotopic (exact) mass is 359 g/mol. The van der Waals surface area contributed by atoms with Crippen LogP contribution in [0.25, 0.3) is 0 Å². The number of nitrogens with one attached hydrogen (secondary N) is 1. The minimum Gasteiger partial charge on any atom is -0.506 e. The minimum absolute atomic E-state index is 0.152. The van der Waals surface area contributed by atoms with Crippen molar-refractivity contribution in [2.24, 2.45) is 4.99 Å². The second kappa shape index (κ2) is 8.78. The molecule has 1 aromatic carbocycles. The maximum Gasteiger partial charge on any atom is 0.241 e. The van der Waals surface area contributed by atoms with Crippen LogP contribution in [0.4, 0.5) is 5.69 Å². The fourth-order valence-electron chi connectivity index (χ4n) is 3.63. The fourth-order valence-corrected chi connectivity index (χ4v) is 3.63. The zero-order chi connectivity index (χ0) is 18.4. The molecule has 1 aromatic rings. The Morgan fingerprint density at radius 1 is 1.04 bits per heavy atom. The number of nitrogens with zero attached hydrogens (tertiary/aromatic N) is 4. The summed E-state index contributed by atoms with van der Waals surface area (Å²) in [5.41, 5.74) is 0.871. The zero-order valence-electron chi connectivity index (χ0n) is 15.5. The van der Waals surface area contributed by atoms with Gasteiger partial charge in [-0.15, -0.1) is 0 Å². The molecular formula is C19H29N5O2. The number of hydrogen-bond donors (Lipinski definition) is 2. The standard InChI is InChI=1S/C19H29N5O2/c1-20-19(21-15-18(26)23-9-5-2-6-10-23)24-13-11-22(12-14-24)16-7-3-4-8-17(16)25/h3-4,7-8,25H,2,5-6,9-15H2,1H3,(H,20,21). The molecule has 0 saturated carbocycles. The molecular weight excluding hydrogens is 330 g/mol. The van der Waals surface area contributed by atoms with E-state index in [-0.39, 0.29) is 5.91 Å². The number of carbonyl (C=O) groups excluding carboxylic acids is 1. The number of likely N-dealkylation sites (tertiary alicyclic amines) is 1. The number of piperazine rings is 1. The number of amides is 1. The molecule has 2 heterocycles. The maximum absolute atomic E-state index is 12.3. The van der Waals surface area contributed by atoms with Crippen LogP contribution in [0.1, 0.15) is 19.3 Å². The van der Waals surface area contributed by atoms with E-state index in [2.05, 4.69) is 20.1 Å². The second-order valence-corrected chi connectivity index (χ2v) is 6.81. The summed E-state index contributed by atoms with van der Waals surface area (Å²) in [4.78, 5) is 23.0. The third-order valence-corrected chi connectivity index (χ3v) is 5.12. The molecule has 2 N–H and O–H groups in total. The molecule has 26 heavy (non-hydrogen) atoms. The molecule has 142 valence electrons. The Hall–Kier alpha value is -2.44. The van der Waals surface area contributed by atoms with E-state index < -0.39 is 0 Å². The molecule has 2 saturated heterocycles. The van der Waals surface area contributed by atoms with Crippen LogP contribution >= 0.6 is 0 Å². The van der Waals surface area contributed by atoms with E-state index in [0.717, 1.165) is 63.8 Å². The van der Waals surface area contributed by atoms with Crippen molar-refractivity contribution in [2.45, 2.75) is 19.3 Å². The molecule has 2 fully saturated rings. The number of benzene rings is 1. The molecule has 2 aliphatic rings. The Kier molecular flexibility index (Phi) is 6.20. The highest BCUT2D eigenvalue weighted by Gasteiger charge is 2.22. The van der Waals surface area contributed by atoms with Gasteiger partial charge in [-0.2, -0.15) is 0 Å². The Bertz CT molecular complexity index is 635. The Morgan fingerprint density at radius 3 is 2.38 bits per heavy atom. The molecule has 1 amide bonds. The van der Waals surface area contributed by atoms with Gasteiger partial charge in [-0.1, -0.05) is 12.1 Å². The molecule has 0 bridgehead atoms. The van der Waals surface area contributed by atoms with E-state index in [9.17, 15) is 9.90 Å². The van der Waals surface area contributed by atoms with Crippen molar-refractivity contribution in [2.75, 3.05) is 57.8 Å². The largest absolute Gasteiger partial charge is 0.506 e. The molecule has 2 aliphatic heterocycles. The lowest BCUT2D eigenvalue weighted by Gasteiger charge is -2.38. The number of phenolic OH excluding ortho intramolecular Hbond substituents is 1. The number of para-hydroxylation sites is 2. The van der Waals surface area contributed by atoms with E-state index >= 15 is 0 Å². The molecule has 0 spiro atoms. The van der Waals surface area contributed by atoms with Gasteiger partial charge < -0.3 is 25.1 Å². The summed E-state index contributed by atoms with van der Waals surface area (Å²) >= 11 is 0. The third-order valence-electron chi connectivity index (χ3n) is 5.12. The highest BCUT2D eigenvalue weighted by atomic mass is 16.3. The predicted molar refractivity (Wildman–Crippen MR) is 104 cm³/mol. The van der Waals surface area contributed by atoms with E-state index in [0.29, 0.717) is 12.3 Å². The molecule has 7 heteroatoms. The van der Waals surface area contributed by atoms with Gasteiger partial charge in [0.2, 0.25) is 5.91 Å². The highest BCUT2D eigenvalue weighted by molar-refractivity contribution is 5.86. The Labute approximate surface area is 155 Å². The summed E-state index contributed by atoms with van der Waals surface area (Å²) in [5, 5.41) is 13.2. The summed E-state index contributed by atoms with van der Waals surface area (Å²) in [5.74, 6) is 1.24. The number of rotatable bonds is 3. The molecule has 0 aromatic heterocycles. The number of carbonyl (C=O) groups is 1. The van der Waals surface area contributed by atoms with Crippen molar-refractivity contribution >= 4 is 17.6 Å². The minimum atomic E-state index is 0.152. The van der Waals surface area contributed by atoms with Gasteiger partial charge in [0.1, 0.15) is 5.75 Å². The summed E-state index contributed by atoms with van der Waals surface area (Å²) in [6.45, 7) is 5.25. The van der Waals surface area contributed by atoms with E-state index in [1.54, 1.807) is 13.1 Å². The van der Waals surface area contributed by atoms with Gasteiger partial charge in [0.05, 0.1) is 12.2 Å². The van der Waals surface area contributed by atoms with Crippen LogP contribution in [-0.4, -0.2) is 79.6 Å². The number of aromatic hydroxyl groups is 1. The van der Waals surface area contributed by atoms with Crippen LogP contribution in [0.2, 0.25) is 0 Å². The number of phenols is 1. The molecule has 0 aliphatic carbocycles. The van der Waals surface area contributed by atoms with Crippen molar-refractivity contribution in [1.29, 1.82) is 0 Å². The molecule has 0 radical (unpaired) electrons. The average Bonchev–Trinajstić information content (AvgIpc) is 2.70. The SMILES string of the molecule is CN=C(NCC(=O)N1CCCCC1)N1CCN(c2ccccc2O)CC1. The zero-order valence-corrected chi connectivity index (χ0v) is 15.5. The van der Waals surface area contributed by atoms with E-state index in [4.69, 9.17) is 0 Å². The fraction of sp³-hybridized carbons (Fsp3) is 0.579. The lowest BCUT2D eigenvalue weighted by Crippen LogP contribution is -2.54. The first-order chi connectivity index (χ1) is 12.7. The average molecular weight is 359 g/mol. The van der Waals surface area contributed by atoms with Gasteiger partial charge in [0, 0.05) is 46.3 Å². The number of anilines is 1. The van der Waals surface area contributed by atoms with Crippen LogP contribution in [0.5, 0.6) is 5.75 Å². The van der Waals surface area contributed by atoms with Crippen molar-refractivity contribution in [3.8, 4) is 5.75 Å². The lowest BCUT2D eigenvalue weighted by molar-refractivity contribution is -0.130. The van der Waals surface area contributed by atoms with Gasteiger partial charge in [-0.05, 0) is 31.4 Å². The number of piperidine rings is 1. The lowest BCUT2D eigenvalue weighted by atomic mass is 10.1. The quantitative estimate of drug-likeness (QED) is 0.625. The molecule has 7 nitrogen and oxygen atoms in total. The first-order valence-electron chi connectivity index (χ1n) is 9.45. The molecule has 0 atom stereocenters. The van der Waals surface area contributed by atoms with E-state index in [1.807, 2.05) is 23.1 Å². The van der Waals surface area contributed by atoms with Gasteiger partial charge in [0.25, 0.3) is 0 Å². The van der Waals surface area contributed by atoms with Crippen LogP contribution in [0.15, 0.2) is 29.3 Å². The molecule has 3 rings (SSSR count). The van der Waals surface area contributed by atoms with Gasteiger partial charge in [-0.25, -0.2) is 0 Å². The van der Waals surface area contributed by atoms with E-state index in [1.165, 1.54) is 6.42 Å². The third kappa shape index (κ3) is 4.39. The topological polar surface area (TPSA) is 71.4 Å². The van der Waals surface area contributed by atoms with Crippen LogP contribution in [0, 0.1) is 0 Å². The number of guanidine groups is 1. The van der Waals surface area contributed by atoms with Crippen molar-refractivity contribution in [1.82, 2.24) is 15.1 Å². The number of hydrogen-bond acceptors (Lipinski definition) is 4. The van der Waals surface area contributed by atoms with Crippen LogP contribution < -0.4 is 10.2 Å². The van der Waals surface area contributed by atoms with Crippen molar-refractivity contribution in [3.05, 3.63) is 24.3 Å². The van der Waals surface area contributed by atoms with Crippen molar-refractivity contribution in [3.63, 3.8) is 0 Å². The normalized spacial score (nSPS) is 18.8. The smallest absolute Gasteiger partial charge is 0.241 e. The summed E-state index contributed by atoms with van der Waals surface area (Å²) in [6.07, 6.45) is 3.43. The predicted octanol–water partition coefficient (Wildman–Crippen LogP) is 1.10. The van der Waals surface area contributed by atoms with Gasteiger partial charge in [0.15, 0.2) is 5.96 Å². The Morgan fingerprint density at radius 2 is 1.73 bits per heavy atom. The summed E-state index contributed by atoms with van der Waals surface area (Å²) in [6, 6.07) is 7.43. The molecule has 0 unspecified atom stereocenters. The highest BCUT2D eigenvalue weighted by Crippen LogP contribution is 2.27. The van der Waals surface area contributed by atoms with Gasteiger partial charge >= 0.3 is 0 Å². The summed E-state index contributed by atoms with van der Waals surface area (Å²) < 4.78 is 0. The van der Waals surface area contributed by atoms with Crippen molar-refractivity contribution < 1.29 is 9.90 Å². The summed E-state index contributed by atoms with van der Waals surface area (Å²) in [7, 11) is 1.75. The van der Waals surface area contributed by atoms with Gasteiger partial charge in [-0.3, -0.25) is 9.79 Å². The second-order valence-electron chi connectivity index (χ2n) is 6.81. The van der Waals surface area contributed by atoms with Crippen LogP contribution in [-0.2, 0) is 4.79 Å². The maximum atomic E-state index is 12.3. The Balaban J connectivity index is 1.49.